The standard InChI is InChI=1S/C15H20ClNO4S/c1-11(9-20-2)17-14(18)10-21-15(19)7-8-22-13-5-3-12(16)4-6-13/h3-6,11H,7-10H2,1-2H3,(H,17,18). The number of carbonyl (C=O) groups excluding carboxylic acids is 2. The van der Waals surface area contributed by atoms with Crippen molar-refractivity contribution >= 4 is 35.2 Å². The second kappa shape index (κ2) is 10.5. The number of rotatable bonds is 9. The summed E-state index contributed by atoms with van der Waals surface area (Å²) in [5.74, 6) is -0.137. The number of benzene rings is 1. The Hall–Kier alpha value is -1.24. The SMILES string of the molecule is COCC(C)NC(=O)COC(=O)CCSc1ccc(Cl)cc1. The molecule has 0 radical (unpaired) electrons. The first-order chi connectivity index (χ1) is 10.5. The Bertz CT molecular complexity index is 481. The minimum atomic E-state index is -0.393. The Balaban J connectivity index is 2.15. The molecule has 5 nitrogen and oxygen atoms in total. The quantitative estimate of drug-likeness (QED) is 0.550. The van der Waals surface area contributed by atoms with Crippen molar-refractivity contribution in [3.63, 3.8) is 0 Å². The largest absolute Gasteiger partial charge is 0.456 e. The fourth-order valence-corrected chi connectivity index (χ4v) is 2.57. The number of amides is 1. The van der Waals surface area contributed by atoms with Crippen LogP contribution in [0.25, 0.3) is 0 Å². The van der Waals surface area contributed by atoms with Gasteiger partial charge in [-0.2, -0.15) is 0 Å². The highest BCUT2D eigenvalue weighted by Gasteiger charge is 2.10. The van der Waals surface area contributed by atoms with Crippen LogP contribution in [0.3, 0.4) is 0 Å². The van der Waals surface area contributed by atoms with Crippen molar-refractivity contribution in [3.05, 3.63) is 29.3 Å². The Morgan fingerprint density at radius 1 is 1.32 bits per heavy atom. The zero-order chi connectivity index (χ0) is 16.4. The Labute approximate surface area is 139 Å². The second-order valence-electron chi connectivity index (χ2n) is 4.64. The maximum atomic E-state index is 11.5. The number of methoxy groups -OCH3 is 1. The lowest BCUT2D eigenvalue weighted by atomic mass is 10.3. The normalized spacial score (nSPS) is 11.8. The van der Waals surface area contributed by atoms with Crippen molar-refractivity contribution in [1.82, 2.24) is 5.32 Å². The summed E-state index contributed by atoms with van der Waals surface area (Å²) in [5.41, 5.74) is 0. The van der Waals surface area contributed by atoms with Gasteiger partial charge in [0.15, 0.2) is 6.61 Å². The maximum absolute atomic E-state index is 11.5. The van der Waals surface area contributed by atoms with Crippen molar-refractivity contribution in [2.75, 3.05) is 26.1 Å². The van der Waals surface area contributed by atoms with Gasteiger partial charge in [-0.1, -0.05) is 11.6 Å². The van der Waals surface area contributed by atoms with E-state index < -0.39 is 5.97 Å². The zero-order valence-corrected chi connectivity index (χ0v) is 14.2. The monoisotopic (exact) mass is 345 g/mol. The summed E-state index contributed by atoms with van der Waals surface area (Å²) in [6.07, 6.45) is 0.244. The molecule has 0 saturated heterocycles. The number of ether oxygens (including phenoxy) is 2. The van der Waals surface area contributed by atoms with Crippen molar-refractivity contribution < 1.29 is 19.1 Å². The number of hydrogen-bond donors (Lipinski definition) is 1. The van der Waals surface area contributed by atoms with Crippen LogP contribution in [0.5, 0.6) is 0 Å². The van der Waals surface area contributed by atoms with Crippen molar-refractivity contribution in [2.24, 2.45) is 0 Å². The molecular formula is C15H20ClNO4S. The highest BCUT2D eigenvalue weighted by atomic mass is 35.5. The number of esters is 1. The third-order valence-electron chi connectivity index (χ3n) is 2.58. The molecule has 0 spiro atoms. The van der Waals surface area contributed by atoms with Crippen LogP contribution in [0.1, 0.15) is 13.3 Å². The summed E-state index contributed by atoms with van der Waals surface area (Å²) in [6.45, 7) is 1.96. The lowest BCUT2D eigenvalue weighted by molar-refractivity contribution is -0.148. The van der Waals surface area contributed by atoms with Crippen LogP contribution in [0.2, 0.25) is 5.02 Å². The summed E-state index contributed by atoms with van der Waals surface area (Å²) < 4.78 is 9.81. The van der Waals surface area contributed by atoms with Crippen LogP contribution in [0.15, 0.2) is 29.2 Å². The molecule has 0 saturated carbocycles. The number of halogens is 1. The van der Waals surface area contributed by atoms with Crippen LogP contribution in [0, 0.1) is 0 Å². The molecule has 122 valence electrons. The lowest BCUT2D eigenvalue weighted by Crippen LogP contribution is -2.38. The first kappa shape index (κ1) is 18.8. The minimum absolute atomic E-state index is 0.114. The predicted molar refractivity (Wildman–Crippen MR) is 87.2 cm³/mol. The van der Waals surface area contributed by atoms with Gasteiger partial charge in [0.1, 0.15) is 0 Å². The predicted octanol–water partition coefficient (Wildman–Crippen LogP) is 2.52. The van der Waals surface area contributed by atoms with Gasteiger partial charge in [-0.25, -0.2) is 0 Å². The molecular weight excluding hydrogens is 326 g/mol. The van der Waals surface area contributed by atoms with Gasteiger partial charge in [-0.05, 0) is 31.2 Å². The fraction of sp³-hybridized carbons (Fsp3) is 0.467. The first-order valence-corrected chi connectivity index (χ1v) is 8.20. The highest BCUT2D eigenvalue weighted by molar-refractivity contribution is 7.99. The summed E-state index contributed by atoms with van der Waals surface area (Å²) in [6, 6.07) is 7.27. The molecule has 1 unspecified atom stereocenters. The molecule has 1 atom stereocenters. The number of hydrogen-bond acceptors (Lipinski definition) is 5. The summed E-state index contributed by atoms with van der Waals surface area (Å²) >= 11 is 7.33. The lowest BCUT2D eigenvalue weighted by Gasteiger charge is -2.12. The topological polar surface area (TPSA) is 64.6 Å². The van der Waals surface area contributed by atoms with E-state index in [0.29, 0.717) is 17.4 Å². The van der Waals surface area contributed by atoms with Crippen LogP contribution < -0.4 is 5.32 Å². The van der Waals surface area contributed by atoms with E-state index in [2.05, 4.69) is 5.32 Å². The molecule has 7 heteroatoms. The molecule has 1 aromatic rings. The van der Waals surface area contributed by atoms with Gasteiger partial charge < -0.3 is 14.8 Å². The van der Waals surface area contributed by atoms with E-state index in [4.69, 9.17) is 21.1 Å². The van der Waals surface area contributed by atoms with Crippen molar-refractivity contribution in [2.45, 2.75) is 24.3 Å². The van der Waals surface area contributed by atoms with Crippen LogP contribution in [-0.2, 0) is 19.1 Å². The summed E-state index contributed by atoms with van der Waals surface area (Å²) in [7, 11) is 1.56. The minimum Gasteiger partial charge on any atom is -0.456 e. The van der Waals surface area contributed by atoms with E-state index in [1.165, 1.54) is 11.8 Å². The zero-order valence-electron chi connectivity index (χ0n) is 12.6. The molecule has 0 aliphatic heterocycles. The third-order valence-corrected chi connectivity index (χ3v) is 3.84. The van der Waals surface area contributed by atoms with E-state index in [1.807, 2.05) is 19.1 Å². The molecule has 22 heavy (non-hydrogen) atoms. The number of thioether (sulfide) groups is 1. The Morgan fingerprint density at radius 2 is 2.00 bits per heavy atom. The fourth-order valence-electron chi connectivity index (χ4n) is 1.61. The van der Waals surface area contributed by atoms with Gasteiger partial charge in [0.25, 0.3) is 5.91 Å². The average Bonchev–Trinajstić information content (AvgIpc) is 2.47. The number of carbonyl (C=O) groups is 2. The Kier molecular flexibility index (Phi) is 8.96. The van der Waals surface area contributed by atoms with Gasteiger partial charge in [-0.3, -0.25) is 9.59 Å². The average molecular weight is 346 g/mol. The van der Waals surface area contributed by atoms with E-state index in [0.717, 1.165) is 4.90 Å². The molecule has 0 fully saturated rings. The van der Waals surface area contributed by atoms with Crippen LogP contribution in [0.4, 0.5) is 0 Å². The van der Waals surface area contributed by atoms with E-state index in [9.17, 15) is 9.59 Å². The molecule has 1 rings (SSSR count). The number of nitrogens with one attached hydrogen (secondary N) is 1. The maximum Gasteiger partial charge on any atom is 0.307 e. The van der Waals surface area contributed by atoms with Gasteiger partial charge in [0.05, 0.1) is 13.0 Å². The molecule has 0 aromatic heterocycles. The van der Waals surface area contributed by atoms with Gasteiger partial charge in [-0.15, -0.1) is 11.8 Å². The summed E-state index contributed by atoms with van der Waals surface area (Å²) in [5, 5.41) is 3.34. The Morgan fingerprint density at radius 3 is 2.64 bits per heavy atom. The van der Waals surface area contributed by atoms with Crippen LogP contribution >= 0.6 is 23.4 Å². The molecule has 0 aliphatic carbocycles. The van der Waals surface area contributed by atoms with E-state index in [-0.39, 0.29) is 25.0 Å². The van der Waals surface area contributed by atoms with Gasteiger partial charge in [0.2, 0.25) is 0 Å². The molecule has 1 aromatic carbocycles. The van der Waals surface area contributed by atoms with Gasteiger partial charge in [0, 0.05) is 28.8 Å². The molecule has 0 aliphatic rings. The van der Waals surface area contributed by atoms with E-state index >= 15 is 0 Å². The van der Waals surface area contributed by atoms with Crippen molar-refractivity contribution in [3.8, 4) is 0 Å². The van der Waals surface area contributed by atoms with Gasteiger partial charge >= 0.3 is 5.97 Å². The molecule has 0 heterocycles. The molecule has 0 bridgehead atoms. The summed E-state index contributed by atoms with van der Waals surface area (Å²) in [4.78, 5) is 24.1. The van der Waals surface area contributed by atoms with Crippen LogP contribution in [-0.4, -0.2) is 44.0 Å². The smallest absolute Gasteiger partial charge is 0.307 e. The highest BCUT2D eigenvalue weighted by Crippen LogP contribution is 2.20. The second-order valence-corrected chi connectivity index (χ2v) is 6.24. The van der Waals surface area contributed by atoms with Crippen molar-refractivity contribution in [1.29, 1.82) is 0 Å². The molecule has 1 amide bonds. The molecule has 1 N–H and O–H groups in total. The first-order valence-electron chi connectivity index (χ1n) is 6.83. The third kappa shape index (κ3) is 8.26. The van der Waals surface area contributed by atoms with E-state index in [1.54, 1.807) is 19.2 Å².